The Morgan fingerprint density at radius 3 is 2.19 bits per heavy atom. The minimum absolute atomic E-state index is 0.0282. The van der Waals surface area contributed by atoms with Gasteiger partial charge in [0.15, 0.2) is 0 Å². The first-order valence-corrected chi connectivity index (χ1v) is 9.76. The summed E-state index contributed by atoms with van der Waals surface area (Å²) in [4.78, 5) is 29.4. The van der Waals surface area contributed by atoms with Gasteiger partial charge in [-0.2, -0.15) is 0 Å². The molecule has 2 amide bonds. The van der Waals surface area contributed by atoms with E-state index in [1.807, 2.05) is 19.9 Å². The second-order valence-corrected chi connectivity index (χ2v) is 7.11. The summed E-state index contributed by atoms with van der Waals surface area (Å²) < 4.78 is 5.32. The maximum Gasteiger partial charge on any atom is 0.251 e. The summed E-state index contributed by atoms with van der Waals surface area (Å²) in [5.41, 5.74) is 2.14. The summed E-state index contributed by atoms with van der Waals surface area (Å²) in [6, 6.07) is 0. The maximum atomic E-state index is 12.8. The van der Waals surface area contributed by atoms with Crippen molar-refractivity contribution in [3.05, 3.63) is 22.9 Å². The van der Waals surface area contributed by atoms with Crippen LogP contribution in [0.3, 0.4) is 0 Å². The number of carbonyl (C=O) groups excluding carboxylic acids is 2. The Labute approximate surface area is 157 Å². The molecule has 2 aliphatic rings. The third-order valence-electron chi connectivity index (χ3n) is 5.15. The molecule has 2 aliphatic heterocycles. The second-order valence-electron chi connectivity index (χ2n) is 7.11. The molecule has 0 radical (unpaired) electrons. The van der Waals surface area contributed by atoms with Crippen LogP contribution in [0.1, 0.15) is 46.5 Å². The zero-order chi connectivity index (χ0) is 18.9. The Bertz CT molecular complexity index is 555. The first-order valence-electron chi connectivity index (χ1n) is 9.76. The highest BCUT2D eigenvalue weighted by Crippen LogP contribution is 2.16. The minimum atomic E-state index is -0.0442. The third-order valence-corrected chi connectivity index (χ3v) is 5.15. The molecule has 0 aromatic carbocycles. The maximum absolute atomic E-state index is 12.8. The summed E-state index contributed by atoms with van der Waals surface area (Å²) >= 11 is 0. The van der Waals surface area contributed by atoms with Gasteiger partial charge in [0.2, 0.25) is 5.91 Å². The Hall–Kier alpha value is -1.66. The van der Waals surface area contributed by atoms with Gasteiger partial charge in [0.1, 0.15) is 0 Å². The normalized spacial score (nSPS) is 21.0. The van der Waals surface area contributed by atoms with E-state index in [2.05, 4.69) is 10.2 Å². The lowest BCUT2D eigenvalue weighted by molar-refractivity contribution is -0.131. The number of allylic oxidation sites excluding steroid dienone is 2. The number of nitrogens with one attached hydrogen (secondary N) is 1. The number of ether oxygens (including phenoxy) is 1. The summed E-state index contributed by atoms with van der Waals surface area (Å²) in [6.45, 7) is 10.3. The molecule has 0 aliphatic carbocycles. The summed E-state index contributed by atoms with van der Waals surface area (Å²) in [7, 11) is 0. The Morgan fingerprint density at radius 2 is 1.62 bits per heavy atom. The number of amides is 2. The molecule has 0 spiro atoms. The fourth-order valence-corrected chi connectivity index (χ4v) is 3.42. The molecule has 1 N–H and O–H groups in total. The average molecular weight is 364 g/mol. The van der Waals surface area contributed by atoms with E-state index in [9.17, 15) is 9.59 Å². The molecule has 2 heterocycles. The first-order chi connectivity index (χ1) is 12.5. The Morgan fingerprint density at radius 1 is 1.00 bits per heavy atom. The van der Waals surface area contributed by atoms with Crippen molar-refractivity contribution >= 4 is 11.8 Å². The molecule has 2 saturated heterocycles. The molecule has 2 fully saturated rings. The standard InChI is InChI=1S/C20H33N3O3/c1-4-16(2)19(17(3)20(25)23-11-13-26-14-12-23)21-18(24)15-22-9-7-5-6-8-10-22/h4H,5-15H2,1-3H3,(H,21,24)/b16-4-,19-17-. The number of nitrogens with zero attached hydrogens (tertiary/aromatic N) is 2. The highest BCUT2D eigenvalue weighted by atomic mass is 16.5. The van der Waals surface area contributed by atoms with E-state index in [4.69, 9.17) is 4.74 Å². The molecule has 0 aromatic heterocycles. The second kappa shape index (κ2) is 10.5. The summed E-state index contributed by atoms with van der Waals surface area (Å²) in [5, 5.41) is 3.01. The van der Waals surface area contributed by atoms with E-state index in [0.717, 1.165) is 31.5 Å². The smallest absolute Gasteiger partial charge is 0.251 e. The molecule has 0 atom stereocenters. The summed E-state index contributed by atoms with van der Waals surface area (Å²) in [6.07, 6.45) is 6.72. The molecule has 146 valence electrons. The first kappa shape index (κ1) is 20.6. The van der Waals surface area contributed by atoms with Gasteiger partial charge in [0.05, 0.1) is 25.5 Å². The van der Waals surface area contributed by atoms with Crippen LogP contribution in [0.2, 0.25) is 0 Å². The van der Waals surface area contributed by atoms with Gasteiger partial charge in [-0.3, -0.25) is 14.5 Å². The van der Waals surface area contributed by atoms with Gasteiger partial charge in [-0.15, -0.1) is 0 Å². The van der Waals surface area contributed by atoms with Crippen LogP contribution in [0.4, 0.5) is 0 Å². The number of rotatable bonds is 5. The van der Waals surface area contributed by atoms with Gasteiger partial charge in [0.25, 0.3) is 5.91 Å². The molecule has 26 heavy (non-hydrogen) atoms. The Kier molecular flexibility index (Phi) is 8.32. The van der Waals surface area contributed by atoms with E-state index in [1.54, 1.807) is 11.8 Å². The highest BCUT2D eigenvalue weighted by molar-refractivity contribution is 5.95. The van der Waals surface area contributed by atoms with Crippen molar-refractivity contribution in [1.82, 2.24) is 15.1 Å². The number of hydrogen-bond acceptors (Lipinski definition) is 4. The van der Waals surface area contributed by atoms with E-state index in [0.29, 0.717) is 44.1 Å². The van der Waals surface area contributed by atoms with Gasteiger partial charge in [-0.1, -0.05) is 18.9 Å². The SMILES string of the molecule is C/C=C(C)\C(NC(=O)CN1CCCCCC1)=C(/C)C(=O)N1CCOCC1. The zero-order valence-electron chi connectivity index (χ0n) is 16.5. The highest BCUT2D eigenvalue weighted by Gasteiger charge is 2.22. The van der Waals surface area contributed by atoms with Crippen LogP contribution < -0.4 is 5.32 Å². The number of hydrogen-bond donors (Lipinski definition) is 1. The fraction of sp³-hybridized carbons (Fsp3) is 0.700. The molecule has 0 unspecified atom stereocenters. The predicted molar refractivity (Wildman–Crippen MR) is 103 cm³/mol. The number of likely N-dealkylation sites (tertiary alicyclic amines) is 1. The van der Waals surface area contributed by atoms with Crippen LogP contribution in [0, 0.1) is 0 Å². The topological polar surface area (TPSA) is 61.9 Å². The molecular formula is C20H33N3O3. The van der Waals surface area contributed by atoms with Gasteiger partial charge >= 0.3 is 0 Å². The molecular weight excluding hydrogens is 330 g/mol. The predicted octanol–water partition coefficient (Wildman–Crippen LogP) is 2.08. The quantitative estimate of drug-likeness (QED) is 0.600. The third kappa shape index (κ3) is 5.95. The van der Waals surface area contributed by atoms with E-state index < -0.39 is 0 Å². The van der Waals surface area contributed by atoms with Crippen LogP contribution in [0.5, 0.6) is 0 Å². The Balaban J connectivity index is 2.07. The van der Waals surface area contributed by atoms with Crippen molar-refractivity contribution in [3.8, 4) is 0 Å². The van der Waals surface area contributed by atoms with Gasteiger partial charge < -0.3 is 15.0 Å². The monoisotopic (exact) mass is 363 g/mol. The van der Waals surface area contributed by atoms with Crippen molar-refractivity contribution in [2.24, 2.45) is 0 Å². The molecule has 6 nitrogen and oxygen atoms in total. The van der Waals surface area contributed by atoms with Crippen molar-refractivity contribution in [2.45, 2.75) is 46.5 Å². The molecule has 6 heteroatoms. The number of morpholine rings is 1. The van der Waals surface area contributed by atoms with Crippen LogP contribution in [0.15, 0.2) is 22.9 Å². The zero-order valence-corrected chi connectivity index (χ0v) is 16.5. The largest absolute Gasteiger partial charge is 0.378 e. The number of carbonyl (C=O) groups is 2. The molecule has 0 aromatic rings. The van der Waals surface area contributed by atoms with Crippen LogP contribution in [-0.4, -0.2) is 67.6 Å². The van der Waals surface area contributed by atoms with Gasteiger partial charge in [0, 0.05) is 18.7 Å². The minimum Gasteiger partial charge on any atom is -0.378 e. The van der Waals surface area contributed by atoms with Gasteiger partial charge in [-0.25, -0.2) is 0 Å². The van der Waals surface area contributed by atoms with Crippen molar-refractivity contribution in [3.63, 3.8) is 0 Å². The molecule has 0 bridgehead atoms. The summed E-state index contributed by atoms with van der Waals surface area (Å²) in [5.74, 6) is -0.0724. The molecule has 2 rings (SSSR count). The van der Waals surface area contributed by atoms with E-state index in [-0.39, 0.29) is 11.8 Å². The molecule has 0 saturated carbocycles. The van der Waals surface area contributed by atoms with Crippen LogP contribution in [0.25, 0.3) is 0 Å². The lowest BCUT2D eigenvalue weighted by Crippen LogP contribution is -2.42. The van der Waals surface area contributed by atoms with Crippen molar-refractivity contribution in [2.75, 3.05) is 45.9 Å². The van der Waals surface area contributed by atoms with Crippen molar-refractivity contribution in [1.29, 1.82) is 0 Å². The lowest BCUT2D eigenvalue weighted by Gasteiger charge is -2.28. The van der Waals surface area contributed by atoms with Crippen LogP contribution in [-0.2, 0) is 14.3 Å². The van der Waals surface area contributed by atoms with Gasteiger partial charge in [-0.05, 0) is 52.3 Å². The lowest BCUT2D eigenvalue weighted by atomic mass is 10.1. The average Bonchev–Trinajstić information content (AvgIpc) is 2.93. The van der Waals surface area contributed by atoms with Crippen molar-refractivity contribution < 1.29 is 14.3 Å². The van der Waals surface area contributed by atoms with E-state index >= 15 is 0 Å². The fourth-order valence-electron chi connectivity index (χ4n) is 3.42. The van der Waals surface area contributed by atoms with Crippen LogP contribution >= 0.6 is 0 Å². The van der Waals surface area contributed by atoms with E-state index in [1.165, 1.54) is 12.8 Å².